The summed E-state index contributed by atoms with van der Waals surface area (Å²) in [4.78, 5) is 42.6. The lowest BCUT2D eigenvalue weighted by atomic mass is 10.1. The van der Waals surface area contributed by atoms with Crippen molar-refractivity contribution in [1.82, 2.24) is 4.98 Å². The number of nitrogens with zero attached hydrogens (tertiary/aromatic N) is 2. The third-order valence-corrected chi connectivity index (χ3v) is 5.78. The minimum atomic E-state index is -0.435. The van der Waals surface area contributed by atoms with Crippen molar-refractivity contribution in [3.8, 4) is 0 Å². The largest absolute Gasteiger partial charge is 0.466 e. The molecule has 0 spiro atoms. The van der Waals surface area contributed by atoms with E-state index in [1.165, 1.54) is 16.9 Å². The van der Waals surface area contributed by atoms with Crippen molar-refractivity contribution in [3.05, 3.63) is 40.9 Å². The molecule has 8 heteroatoms. The fourth-order valence-corrected chi connectivity index (χ4v) is 4.08. The molecule has 2 heterocycles. The number of hydrogen-bond donors (Lipinski definition) is 1. The summed E-state index contributed by atoms with van der Waals surface area (Å²) < 4.78 is 4.90. The van der Waals surface area contributed by atoms with Gasteiger partial charge in [-0.1, -0.05) is 25.5 Å². The van der Waals surface area contributed by atoms with Crippen LogP contribution < -0.4 is 10.2 Å². The number of aryl methyl sites for hydroxylation is 1. The zero-order valence-electron chi connectivity index (χ0n) is 17.3. The summed E-state index contributed by atoms with van der Waals surface area (Å²) in [6, 6.07) is 8.00. The molecule has 3 rings (SSSR count). The van der Waals surface area contributed by atoms with Crippen LogP contribution in [-0.2, 0) is 32.0 Å². The lowest BCUT2D eigenvalue weighted by Gasteiger charge is -2.17. The van der Waals surface area contributed by atoms with E-state index in [4.69, 9.17) is 4.74 Å². The minimum Gasteiger partial charge on any atom is -0.466 e. The van der Waals surface area contributed by atoms with Crippen molar-refractivity contribution in [2.45, 2.75) is 46.0 Å². The van der Waals surface area contributed by atoms with Gasteiger partial charge in [0.25, 0.3) is 0 Å². The highest BCUT2D eigenvalue weighted by molar-refractivity contribution is 7.13. The van der Waals surface area contributed by atoms with Crippen molar-refractivity contribution in [2.75, 3.05) is 23.4 Å². The monoisotopic (exact) mass is 429 g/mol. The van der Waals surface area contributed by atoms with Crippen LogP contribution in [-0.4, -0.2) is 35.9 Å². The highest BCUT2D eigenvalue weighted by Gasteiger charge is 2.35. The highest BCUT2D eigenvalue weighted by Crippen LogP contribution is 2.27. The molecule has 0 bridgehead atoms. The van der Waals surface area contributed by atoms with Crippen LogP contribution in [0.4, 0.5) is 10.8 Å². The van der Waals surface area contributed by atoms with Crippen LogP contribution in [0, 0.1) is 5.92 Å². The van der Waals surface area contributed by atoms with Crippen molar-refractivity contribution in [1.29, 1.82) is 0 Å². The lowest BCUT2D eigenvalue weighted by Crippen LogP contribution is -2.28. The van der Waals surface area contributed by atoms with E-state index in [0.29, 0.717) is 24.0 Å². The van der Waals surface area contributed by atoms with Gasteiger partial charge in [0, 0.05) is 24.0 Å². The van der Waals surface area contributed by atoms with E-state index < -0.39 is 5.92 Å². The first kappa shape index (κ1) is 22.0. The van der Waals surface area contributed by atoms with Gasteiger partial charge in [0.05, 0.1) is 24.6 Å². The number of rotatable bonds is 9. The molecule has 7 nitrogen and oxygen atoms in total. The van der Waals surface area contributed by atoms with Gasteiger partial charge in [-0.05, 0) is 37.5 Å². The number of nitrogens with one attached hydrogen (secondary N) is 1. The fourth-order valence-electron chi connectivity index (χ4n) is 3.37. The number of carbonyl (C=O) groups is 3. The Morgan fingerprint density at radius 2 is 2.03 bits per heavy atom. The zero-order chi connectivity index (χ0) is 21.5. The quantitative estimate of drug-likeness (QED) is 0.616. The first-order chi connectivity index (χ1) is 14.5. The number of amides is 2. The van der Waals surface area contributed by atoms with Gasteiger partial charge < -0.3 is 15.0 Å². The Morgan fingerprint density at radius 1 is 1.27 bits per heavy atom. The molecule has 160 valence electrons. The molecule has 1 fully saturated rings. The van der Waals surface area contributed by atoms with E-state index in [1.807, 2.05) is 24.3 Å². The fraction of sp³-hybridized carbons (Fsp3) is 0.455. The number of hydrogen-bond acceptors (Lipinski definition) is 6. The highest BCUT2D eigenvalue weighted by atomic mass is 32.1. The number of anilines is 2. The molecule has 0 saturated carbocycles. The van der Waals surface area contributed by atoms with Gasteiger partial charge in [-0.3, -0.25) is 14.4 Å². The van der Waals surface area contributed by atoms with Gasteiger partial charge >= 0.3 is 5.97 Å². The zero-order valence-corrected chi connectivity index (χ0v) is 18.2. The lowest BCUT2D eigenvalue weighted by molar-refractivity contribution is -0.142. The molecular formula is C22H27N3O4S. The number of unbranched alkanes of at least 4 members (excludes halogenated alkanes) is 1. The van der Waals surface area contributed by atoms with E-state index >= 15 is 0 Å². The maximum absolute atomic E-state index is 12.6. The first-order valence-electron chi connectivity index (χ1n) is 10.3. The van der Waals surface area contributed by atoms with Crippen molar-refractivity contribution in [2.24, 2.45) is 5.92 Å². The van der Waals surface area contributed by atoms with Crippen LogP contribution in [0.2, 0.25) is 0 Å². The van der Waals surface area contributed by atoms with Gasteiger partial charge in [0.15, 0.2) is 5.13 Å². The summed E-state index contributed by atoms with van der Waals surface area (Å²) in [5.41, 5.74) is 2.63. The summed E-state index contributed by atoms with van der Waals surface area (Å²) >= 11 is 1.25. The molecule has 1 saturated heterocycles. The Bertz CT molecular complexity index is 894. The molecule has 1 aliphatic rings. The molecule has 0 aliphatic carbocycles. The summed E-state index contributed by atoms with van der Waals surface area (Å²) in [5, 5.41) is 4.91. The van der Waals surface area contributed by atoms with Gasteiger partial charge in [-0.15, -0.1) is 11.3 Å². The van der Waals surface area contributed by atoms with Gasteiger partial charge in [-0.25, -0.2) is 4.98 Å². The summed E-state index contributed by atoms with van der Waals surface area (Å²) in [7, 11) is 0. The maximum atomic E-state index is 12.6. The predicted octanol–water partition coefficient (Wildman–Crippen LogP) is 3.58. The molecule has 1 atom stereocenters. The first-order valence-corrected chi connectivity index (χ1v) is 11.2. The Labute approximate surface area is 180 Å². The minimum absolute atomic E-state index is 0.0569. The Morgan fingerprint density at radius 3 is 2.73 bits per heavy atom. The second-order valence-electron chi connectivity index (χ2n) is 7.29. The standard InChI is InChI=1S/C22H27N3O4S/c1-3-5-6-15-7-9-18(10-8-15)25-13-16(11-19(25)26)21(28)24-22-23-17(14-30-22)12-20(27)29-4-2/h7-10,14,16H,3-6,11-13H2,1-2H3,(H,23,24,28). The van der Waals surface area contributed by atoms with Crippen LogP contribution in [0.25, 0.3) is 0 Å². The van der Waals surface area contributed by atoms with E-state index in [0.717, 1.165) is 24.9 Å². The number of ether oxygens (including phenoxy) is 1. The summed E-state index contributed by atoms with van der Waals surface area (Å²) in [5.74, 6) is -1.07. The second kappa shape index (κ2) is 10.3. The Hall–Kier alpha value is -2.74. The number of thiazole rings is 1. The number of aromatic nitrogens is 1. The second-order valence-corrected chi connectivity index (χ2v) is 8.15. The van der Waals surface area contributed by atoms with Crippen LogP contribution in [0.1, 0.15) is 44.4 Å². The van der Waals surface area contributed by atoms with Crippen LogP contribution in [0.15, 0.2) is 29.6 Å². The molecule has 1 aromatic heterocycles. The summed E-state index contributed by atoms with van der Waals surface area (Å²) in [6.45, 7) is 4.58. The smallest absolute Gasteiger partial charge is 0.311 e. The van der Waals surface area contributed by atoms with Crippen LogP contribution in [0.5, 0.6) is 0 Å². The predicted molar refractivity (Wildman–Crippen MR) is 117 cm³/mol. The SMILES string of the molecule is CCCCc1ccc(N2CC(C(=O)Nc3nc(CC(=O)OCC)cs3)CC2=O)cc1. The van der Waals surface area contributed by atoms with Gasteiger partial charge in [-0.2, -0.15) is 0 Å². The molecule has 30 heavy (non-hydrogen) atoms. The molecule has 0 radical (unpaired) electrons. The number of benzene rings is 1. The van der Waals surface area contributed by atoms with E-state index in [2.05, 4.69) is 17.2 Å². The molecule has 2 amide bonds. The summed E-state index contributed by atoms with van der Waals surface area (Å²) in [6.07, 6.45) is 3.56. The van der Waals surface area contributed by atoms with Crippen molar-refractivity contribution < 1.29 is 19.1 Å². The topological polar surface area (TPSA) is 88.6 Å². The van der Waals surface area contributed by atoms with Gasteiger partial charge in [0.2, 0.25) is 11.8 Å². The van der Waals surface area contributed by atoms with E-state index in [-0.39, 0.29) is 30.6 Å². The van der Waals surface area contributed by atoms with Crippen LogP contribution >= 0.6 is 11.3 Å². The molecular weight excluding hydrogens is 402 g/mol. The third kappa shape index (κ3) is 5.66. The van der Waals surface area contributed by atoms with E-state index in [9.17, 15) is 14.4 Å². The molecule has 1 aliphatic heterocycles. The van der Waals surface area contributed by atoms with Crippen molar-refractivity contribution >= 4 is 39.9 Å². The molecule has 1 aromatic carbocycles. The average molecular weight is 430 g/mol. The van der Waals surface area contributed by atoms with E-state index in [1.54, 1.807) is 17.2 Å². The number of esters is 1. The molecule has 1 unspecified atom stereocenters. The number of carbonyl (C=O) groups excluding carboxylic acids is 3. The third-order valence-electron chi connectivity index (χ3n) is 4.98. The van der Waals surface area contributed by atoms with Crippen LogP contribution in [0.3, 0.4) is 0 Å². The molecule has 2 aromatic rings. The Balaban J connectivity index is 1.56. The molecule has 1 N–H and O–H groups in total. The van der Waals surface area contributed by atoms with Gasteiger partial charge in [0.1, 0.15) is 0 Å². The normalized spacial score (nSPS) is 16.0. The maximum Gasteiger partial charge on any atom is 0.311 e. The van der Waals surface area contributed by atoms with Crippen molar-refractivity contribution in [3.63, 3.8) is 0 Å². The average Bonchev–Trinajstić information content (AvgIpc) is 3.33. The Kier molecular flexibility index (Phi) is 7.57.